The molecule has 1 aromatic rings. The molecule has 1 heterocycles. The molecule has 2 N–H and O–H groups in total. The highest BCUT2D eigenvalue weighted by molar-refractivity contribution is 6.31. The fourth-order valence-electron chi connectivity index (χ4n) is 0.795. The van der Waals surface area contributed by atoms with Crippen LogP contribution in [0.4, 0.5) is 13.2 Å². The molecular formula is C7H7Cl2F3N2. The molecule has 0 fully saturated rings. The summed E-state index contributed by atoms with van der Waals surface area (Å²) in [6, 6.07) is -0.809. The maximum absolute atomic E-state index is 12.1. The lowest BCUT2D eigenvalue weighted by Crippen LogP contribution is -2.28. The predicted molar refractivity (Wildman–Crippen MR) is 49.5 cm³/mol. The summed E-state index contributed by atoms with van der Waals surface area (Å²) in [5.74, 6) is 0. The van der Waals surface area contributed by atoms with Crippen molar-refractivity contribution in [1.29, 1.82) is 0 Å². The van der Waals surface area contributed by atoms with Crippen molar-refractivity contribution in [3.05, 3.63) is 29.0 Å². The highest BCUT2D eigenvalue weighted by Gasteiger charge is 2.38. The molecule has 1 aromatic heterocycles. The fraction of sp³-hybridized carbons (Fsp3) is 0.286. The van der Waals surface area contributed by atoms with Gasteiger partial charge in [-0.3, -0.25) is 4.98 Å². The highest BCUT2D eigenvalue weighted by atomic mass is 35.5. The maximum Gasteiger partial charge on any atom is 0.407 e. The summed E-state index contributed by atoms with van der Waals surface area (Å²) in [6.07, 6.45) is -2.18. The van der Waals surface area contributed by atoms with Gasteiger partial charge < -0.3 is 5.73 Å². The number of pyridine rings is 1. The summed E-state index contributed by atoms with van der Waals surface area (Å²) in [4.78, 5) is 3.52. The third-order valence-corrected chi connectivity index (χ3v) is 1.83. The van der Waals surface area contributed by atoms with Crippen molar-refractivity contribution in [3.63, 3.8) is 0 Å². The molecule has 0 aliphatic rings. The van der Waals surface area contributed by atoms with Gasteiger partial charge in [0.05, 0.1) is 0 Å². The zero-order valence-corrected chi connectivity index (χ0v) is 8.33. The van der Waals surface area contributed by atoms with Gasteiger partial charge in [0.25, 0.3) is 0 Å². The van der Waals surface area contributed by atoms with Gasteiger partial charge >= 0.3 is 6.18 Å². The average Bonchev–Trinajstić information content (AvgIpc) is 2.02. The van der Waals surface area contributed by atoms with Gasteiger partial charge in [0.15, 0.2) is 0 Å². The molecule has 0 radical (unpaired) electrons. The van der Waals surface area contributed by atoms with Crippen molar-refractivity contribution in [2.24, 2.45) is 5.73 Å². The Morgan fingerprint density at radius 2 is 2.00 bits per heavy atom. The summed E-state index contributed by atoms with van der Waals surface area (Å²) < 4.78 is 36.3. The zero-order chi connectivity index (χ0) is 10.1. The van der Waals surface area contributed by atoms with Crippen LogP contribution < -0.4 is 5.73 Å². The Morgan fingerprint density at radius 1 is 1.43 bits per heavy atom. The zero-order valence-electron chi connectivity index (χ0n) is 6.75. The van der Waals surface area contributed by atoms with Crippen molar-refractivity contribution in [2.45, 2.75) is 12.2 Å². The van der Waals surface area contributed by atoms with E-state index >= 15 is 0 Å². The number of nitrogens with zero attached hydrogens (tertiary/aromatic N) is 1. The van der Waals surface area contributed by atoms with Crippen LogP contribution in [0.5, 0.6) is 0 Å². The van der Waals surface area contributed by atoms with E-state index < -0.39 is 12.2 Å². The summed E-state index contributed by atoms with van der Waals surface area (Å²) in [6.45, 7) is 0. The molecule has 0 bridgehead atoms. The van der Waals surface area contributed by atoms with Crippen LogP contribution in [0.2, 0.25) is 5.02 Å². The van der Waals surface area contributed by atoms with Crippen LogP contribution >= 0.6 is 24.0 Å². The molecule has 0 aromatic carbocycles. The van der Waals surface area contributed by atoms with Gasteiger partial charge in [-0.2, -0.15) is 13.2 Å². The lowest BCUT2D eigenvalue weighted by atomic mass is 10.1. The van der Waals surface area contributed by atoms with Crippen molar-refractivity contribution in [3.8, 4) is 0 Å². The normalized spacial score (nSPS) is 13.2. The molecule has 0 saturated heterocycles. The van der Waals surface area contributed by atoms with E-state index in [1.165, 1.54) is 12.3 Å². The van der Waals surface area contributed by atoms with E-state index in [1.54, 1.807) is 0 Å². The predicted octanol–water partition coefficient (Wildman–Crippen LogP) is 2.72. The van der Waals surface area contributed by atoms with Gasteiger partial charge in [0, 0.05) is 23.0 Å². The van der Waals surface area contributed by atoms with Crippen molar-refractivity contribution in [2.75, 3.05) is 0 Å². The molecule has 0 unspecified atom stereocenters. The van der Waals surface area contributed by atoms with E-state index in [0.717, 1.165) is 6.20 Å². The minimum Gasteiger partial charge on any atom is -0.316 e. The summed E-state index contributed by atoms with van der Waals surface area (Å²) >= 11 is 5.51. The van der Waals surface area contributed by atoms with Crippen LogP contribution in [0, 0.1) is 0 Å². The third-order valence-electron chi connectivity index (χ3n) is 1.48. The minimum absolute atomic E-state index is 0. The Balaban J connectivity index is 0.00000169. The van der Waals surface area contributed by atoms with E-state index in [2.05, 4.69) is 4.98 Å². The first-order valence-electron chi connectivity index (χ1n) is 3.34. The van der Waals surface area contributed by atoms with E-state index in [-0.39, 0.29) is 23.0 Å². The Labute approximate surface area is 89.7 Å². The lowest BCUT2D eigenvalue weighted by Gasteiger charge is -2.16. The molecule has 1 atom stereocenters. The second kappa shape index (κ2) is 4.82. The third kappa shape index (κ3) is 3.01. The molecule has 80 valence electrons. The molecule has 0 aliphatic heterocycles. The van der Waals surface area contributed by atoms with Gasteiger partial charge in [0.2, 0.25) is 0 Å². The number of hydrogen-bond acceptors (Lipinski definition) is 2. The number of hydrogen-bond donors (Lipinski definition) is 1. The number of halogens is 5. The van der Waals surface area contributed by atoms with Crippen LogP contribution in [-0.4, -0.2) is 11.2 Å². The van der Waals surface area contributed by atoms with Gasteiger partial charge in [0.1, 0.15) is 6.04 Å². The summed E-state index contributed by atoms with van der Waals surface area (Å²) in [5, 5.41) is -0.0279. The summed E-state index contributed by atoms with van der Waals surface area (Å²) in [7, 11) is 0. The van der Waals surface area contributed by atoms with Crippen molar-refractivity contribution >= 4 is 24.0 Å². The standard InChI is InChI=1S/C7H6ClF3N2.ClH/c8-5-1-2-13-3-4(5)6(12)7(9,10)11;/h1-3,6H,12H2;1H/t6-;/m1./s1. The van der Waals surface area contributed by atoms with Crippen molar-refractivity contribution in [1.82, 2.24) is 4.98 Å². The van der Waals surface area contributed by atoms with Gasteiger partial charge in [-0.1, -0.05) is 11.6 Å². The number of aromatic nitrogens is 1. The summed E-state index contributed by atoms with van der Waals surface area (Å²) in [5.41, 5.74) is 4.71. The monoisotopic (exact) mass is 246 g/mol. The van der Waals surface area contributed by atoms with Crippen LogP contribution in [-0.2, 0) is 0 Å². The molecule has 7 heteroatoms. The molecule has 14 heavy (non-hydrogen) atoms. The molecular weight excluding hydrogens is 240 g/mol. The molecule has 1 rings (SSSR count). The largest absolute Gasteiger partial charge is 0.407 e. The van der Waals surface area contributed by atoms with Crippen LogP contribution in [0.1, 0.15) is 11.6 Å². The second-order valence-electron chi connectivity index (χ2n) is 2.42. The first-order chi connectivity index (χ1) is 5.93. The minimum atomic E-state index is -4.49. The van der Waals surface area contributed by atoms with Gasteiger partial charge in [-0.25, -0.2) is 0 Å². The Kier molecular flexibility index (Phi) is 4.64. The Bertz CT molecular complexity index is 303. The van der Waals surface area contributed by atoms with Gasteiger partial charge in [-0.05, 0) is 6.07 Å². The number of rotatable bonds is 1. The smallest absolute Gasteiger partial charge is 0.316 e. The number of alkyl halides is 3. The molecule has 0 amide bonds. The van der Waals surface area contributed by atoms with Crippen LogP contribution in [0.25, 0.3) is 0 Å². The van der Waals surface area contributed by atoms with E-state index in [1.807, 2.05) is 0 Å². The topological polar surface area (TPSA) is 38.9 Å². The van der Waals surface area contributed by atoms with Gasteiger partial charge in [-0.15, -0.1) is 12.4 Å². The van der Waals surface area contributed by atoms with E-state index in [9.17, 15) is 13.2 Å². The quantitative estimate of drug-likeness (QED) is 0.828. The first kappa shape index (κ1) is 13.5. The molecule has 2 nitrogen and oxygen atoms in total. The van der Waals surface area contributed by atoms with Crippen molar-refractivity contribution < 1.29 is 13.2 Å². The Morgan fingerprint density at radius 3 is 2.43 bits per heavy atom. The van der Waals surface area contributed by atoms with E-state index in [0.29, 0.717) is 0 Å². The Hall–Kier alpha value is -0.520. The van der Waals surface area contributed by atoms with Crippen LogP contribution in [0.15, 0.2) is 18.5 Å². The second-order valence-corrected chi connectivity index (χ2v) is 2.82. The highest BCUT2D eigenvalue weighted by Crippen LogP contribution is 2.33. The first-order valence-corrected chi connectivity index (χ1v) is 3.72. The average molecular weight is 247 g/mol. The van der Waals surface area contributed by atoms with Crippen LogP contribution in [0.3, 0.4) is 0 Å². The lowest BCUT2D eigenvalue weighted by molar-refractivity contribution is -0.149. The molecule has 0 aliphatic carbocycles. The SMILES string of the molecule is Cl.N[C@H](c1cnccc1Cl)C(F)(F)F. The maximum atomic E-state index is 12.1. The molecule has 0 saturated carbocycles. The fourth-order valence-corrected chi connectivity index (χ4v) is 1.02. The number of nitrogens with two attached hydrogens (primary N) is 1. The van der Waals surface area contributed by atoms with E-state index in [4.69, 9.17) is 17.3 Å². The molecule has 0 spiro atoms.